The summed E-state index contributed by atoms with van der Waals surface area (Å²) in [6.45, 7) is 0.834. The summed E-state index contributed by atoms with van der Waals surface area (Å²) in [5.41, 5.74) is 2.11. The minimum Gasteiger partial charge on any atom is -0.491 e. The normalized spacial score (nSPS) is 21.9. The van der Waals surface area contributed by atoms with Crippen molar-refractivity contribution in [2.24, 2.45) is 0 Å². The molecular formula is C22H23NO4. The Balaban J connectivity index is 1.71. The van der Waals surface area contributed by atoms with Crippen molar-refractivity contribution in [2.75, 3.05) is 7.11 Å². The molecule has 0 aliphatic carbocycles. The third kappa shape index (κ3) is 5.41. The molecule has 0 saturated heterocycles. The number of methoxy groups -OCH3 is 1. The van der Waals surface area contributed by atoms with E-state index in [1.807, 2.05) is 66.7 Å². The summed E-state index contributed by atoms with van der Waals surface area (Å²) in [7, 11) is 1.57. The van der Waals surface area contributed by atoms with Gasteiger partial charge in [0.1, 0.15) is 24.6 Å². The van der Waals surface area contributed by atoms with Gasteiger partial charge in [0.2, 0.25) is 0 Å². The molecule has 0 N–H and O–H groups in total. The number of hydrogen-bond acceptors (Lipinski definition) is 5. The van der Waals surface area contributed by atoms with Gasteiger partial charge in [0.05, 0.1) is 19.1 Å². The lowest BCUT2D eigenvalue weighted by atomic mass is 10.1. The van der Waals surface area contributed by atoms with E-state index in [-0.39, 0.29) is 6.42 Å². The first-order chi connectivity index (χ1) is 13.3. The highest BCUT2D eigenvalue weighted by Crippen LogP contribution is 2.26. The summed E-state index contributed by atoms with van der Waals surface area (Å²) < 4.78 is 23.3. The molecule has 0 radical (unpaired) electrons. The Morgan fingerprint density at radius 2 is 1.59 bits per heavy atom. The van der Waals surface area contributed by atoms with Crippen molar-refractivity contribution >= 4 is 0 Å². The zero-order chi connectivity index (χ0) is 18.9. The molecule has 0 amide bonds. The second kappa shape index (κ2) is 9.89. The monoisotopic (exact) mass is 365 g/mol. The first kappa shape index (κ1) is 19.1. The molecule has 0 saturated carbocycles. The minimum absolute atomic E-state index is 0.186. The van der Waals surface area contributed by atoms with Crippen molar-refractivity contribution in [3.8, 4) is 6.07 Å². The lowest BCUT2D eigenvalue weighted by Gasteiger charge is -2.33. The Kier molecular flexibility index (Phi) is 7.00. The maximum absolute atomic E-state index is 9.11. The third-order valence-corrected chi connectivity index (χ3v) is 4.26. The number of nitriles is 1. The average molecular weight is 365 g/mol. The molecule has 1 aliphatic rings. The van der Waals surface area contributed by atoms with Crippen LogP contribution in [-0.4, -0.2) is 25.6 Å². The molecule has 2 aromatic rings. The molecule has 0 unspecified atom stereocenters. The fourth-order valence-corrected chi connectivity index (χ4v) is 2.85. The van der Waals surface area contributed by atoms with Crippen LogP contribution < -0.4 is 0 Å². The first-order valence-electron chi connectivity index (χ1n) is 8.89. The van der Waals surface area contributed by atoms with Gasteiger partial charge in [0.25, 0.3) is 0 Å². The largest absolute Gasteiger partial charge is 0.491 e. The van der Waals surface area contributed by atoms with Gasteiger partial charge in [-0.15, -0.1) is 0 Å². The SMILES string of the molecule is CO[C@H]1O[C@H](CC#N)C(OCc2ccccc2)=C[C@@H]1OCc1ccccc1. The second-order valence-electron chi connectivity index (χ2n) is 6.20. The fraction of sp³-hybridized carbons (Fsp3) is 0.318. The van der Waals surface area contributed by atoms with Crippen LogP contribution in [0.1, 0.15) is 17.5 Å². The Morgan fingerprint density at radius 1 is 0.963 bits per heavy atom. The average Bonchev–Trinajstić information content (AvgIpc) is 2.73. The zero-order valence-electron chi connectivity index (χ0n) is 15.3. The van der Waals surface area contributed by atoms with E-state index in [1.165, 1.54) is 0 Å². The van der Waals surface area contributed by atoms with Crippen LogP contribution in [0.2, 0.25) is 0 Å². The molecule has 5 heteroatoms. The Morgan fingerprint density at radius 3 is 2.19 bits per heavy atom. The molecule has 0 fully saturated rings. The van der Waals surface area contributed by atoms with Crippen molar-refractivity contribution in [2.45, 2.75) is 38.1 Å². The van der Waals surface area contributed by atoms with Crippen LogP contribution in [0.15, 0.2) is 72.5 Å². The van der Waals surface area contributed by atoms with Crippen molar-refractivity contribution < 1.29 is 18.9 Å². The van der Waals surface area contributed by atoms with E-state index < -0.39 is 18.5 Å². The number of ether oxygens (including phenoxy) is 4. The second-order valence-corrected chi connectivity index (χ2v) is 6.20. The van der Waals surface area contributed by atoms with Gasteiger partial charge in [0, 0.05) is 7.11 Å². The van der Waals surface area contributed by atoms with Gasteiger partial charge in [-0.05, 0) is 17.2 Å². The maximum Gasteiger partial charge on any atom is 0.188 e. The van der Waals surface area contributed by atoms with Crippen LogP contribution in [0, 0.1) is 11.3 Å². The number of benzene rings is 2. The molecule has 5 nitrogen and oxygen atoms in total. The molecule has 27 heavy (non-hydrogen) atoms. The van der Waals surface area contributed by atoms with Gasteiger partial charge in [-0.2, -0.15) is 5.26 Å². The molecular weight excluding hydrogens is 342 g/mol. The molecule has 2 aromatic carbocycles. The summed E-state index contributed by atoms with van der Waals surface area (Å²) in [5, 5.41) is 9.11. The Hall–Kier alpha value is -2.65. The van der Waals surface area contributed by atoms with Crippen molar-refractivity contribution in [3.63, 3.8) is 0 Å². The van der Waals surface area contributed by atoms with Crippen LogP contribution in [0.5, 0.6) is 0 Å². The van der Waals surface area contributed by atoms with Crippen molar-refractivity contribution in [1.29, 1.82) is 5.26 Å². The summed E-state index contributed by atoms with van der Waals surface area (Å²) in [4.78, 5) is 0. The summed E-state index contributed by atoms with van der Waals surface area (Å²) >= 11 is 0. The minimum atomic E-state index is -0.587. The van der Waals surface area contributed by atoms with Gasteiger partial charge < -0.3 is 18.9 Å². The van der Waals surface area contributed by atoms with Crippen molar-refractivity contribution in [1.82, 2.24) is 0 Å². The quantitative estimate of drug-likeness (QED) is 0.709. The highest BCUT2D eigenvalue weighted by atomic mass is 16.7. The molecule has 3 atom stereocenters. The van der Waals surface area contributed by atoms with Gasteiger partial charge in [-0.3, -0.25) is 0 Å². The van der Waals surface area contributed by atoms with Crippen LogP contribution in [0.4, 0.5) is 0 Å². The van der Waals surface area contributed by atoms with E-state index >= 15 is 0 Å². The molecule has 0 spiro atoms. The summed E-state index contributed by atoms with van der Waals surface area (Å²) in [5.74, 6) is 0.603. The van der Waals surface area contributed by atoms with Gasteiger partial charge in [-0.25, -0.2) is 0 Å². The van der Waals surface area contributed by atoms with E-state index in [9.17, 15) is 0 Å². The van der Waals surface area contributed by atoms with Crippen LogP contribution in [-0.2, 0) is 32.2 Å². The van der Waals surface area contributed by atoms with Crippen LogP contribution in [0.25, 0.3) is 0 Å². The van der Waals surface area contributed by atoms with E-state index in [1.54, 1.807) is 7.11 Å². The molecule has 1 heterocycles. The Bertz CT molecular complexity index is 770. The third-order valence-electron chi connectivity index (χ3n) is 4.26. The smallest absolute Gasteiger partial charge is 0.188 e. The maximum atomic E-state index is 9.11. The first-order valence-corrected chi connectivity index (χ1v) is 8.89. The van der Waals surface area contributed by atoms with Gasteiger partial charge in [0.15, 0.2) is 6.29 Å². The predicted molar refractivity (Wildman–Crippen MR) is 100 cm³/mol. The standard InChI is InChI=1S/C22H23NO4/c1-24-22-21(26-16-18-10-6-3-7-11-18)14-20(19(27-22)12-13-23)25-15-17-8-4-2-5-9-17/h2-11,14,19,21-22H,12,15-16H2,1H3/t19-,21+,22+/m1/s1. The van der Waals surface area contributed by atoms with Gasteiger partial charge >= 0.3 is 0 Å². The molecule has 1 aliphatic heterocycles. The van der Waals surface area contributed by atoms with Crippen LogP contribution >= 0.6 is 0 Å². The Labute approximate surface area is 159 Å². The predicted octanol–water partition coefficient (Wildman–Crippen LogP) is 3.96. The van der Waals surface area contributed by atoms with Crippen molar-refractivity contribution in [3.05, 3.63) is 83.6 Å². The van der Waals surface area contributed by atoms with E-state index in [0.29, 0.717) is 19.0 Å². The number of nitrogens with zero attached hydrogens (tertiary/aromatic N) is 1. The highest BCUT2D eigenvalue weighted by molar-refractivity contribution is 5.17. The van der Waals surface area contributed by atoms with Crippen LogP contribution in [0.3, 0.4) is 0 Å². The molecule has 0 aromatic heterocycles. The lowest BCUT2D eigenvalue weighted by molar-refractivity contribution is -0.215. The molecule has 140 valence electrons. The fourth-order valence-electron chi connectivity index (χ4n) is 2.85. The van der Waals surface area contributed by atoms with Gasteiger partial charge in [-0.1, -0.05) is 60.7 Å². The summed E-state index contributed by atoms with van der Waals surface area (Å²) in [6.07, 6.45) is 0.574. The summed E-state index contributed by atoms with van der Waals surface area (Å²) in [6, 6.07) is 21.9. The molecule has 0 bridgehead atoms. The topological polar surface area (TPSA) is 60.7 Å². The van der Waals surface area contributed by atoms with E-state index in [0.717, 1.165) is 11.1 Å². The number of rotatable bonds is 8. The number of hydrogen-bond donors (Lipinski definition) is 0. The lowest BCUT2D eigenvalue weighted by Crippen LogP contribution is -2.41. The highest BCUT2D eigenvalue weighted by Gasteiger charge is 2.34. The van der Waals surface area contributed by atoms with E-state index in [2.05, 4.69) is 6.07 Å². The molecule has 3 rings (SSSR count). The zero-order valence-corrected chi connectivity index (χ0v) is 15.3. The van der Waals surface area contributed by atoms with E-state index in [4.69, 9.17) is 24.2 Å².